The van der Waals surface area contributed by atoms with Gasteiger partial charge in [0.1, 0.15) is 0 Å². The van der Waals surface area contributed by atoms with Crippen LogP contribution in [0.3, 0.4) is 0 Å². The number of hydrogen-bond donors (Lipinski definition) is 0. The Balaban J connectivity index is 1.98. The van der Waals surface area contributed by atoms with Crippen LogP contribution in [-0.4, -0.2) is 17.6 Å². The first-order chi connectivity index (χ1) is 14.4. The molecule has 2 aromatic carbocycles. The van der Waals surface area contributed by atoms with Gasteiger partial charge in [-0.3, -0.25) is 9.36 Å². The predicted molar refractivity (Wildman–Crippen MR) is 118 cm³/mol. The summed E-state index contributed by atoms with van der Waals surface area (Å²) in [5, 5.41) is 0.521. The molecule has 1 aliphatic heterocycles. The second-order valence-corrected chi connectivity index (χ2v) is 8.48. The molecule has 0 amide bonds. The van der Waals surface area contributed by atoms with Gasteiger partial charge < -0.3 is 4.74 Å². The number of esters is 1. The first-order valence-electron chi connectivity index (χ1n) is 9.32. The van der Waals surface area contributed by atoms with E-state index in [1.807, 2.05) is 43.3 Å². The molecule has 0 aliphatic carbocycles. The molecule has 3 aromatic rings. The predicted octanol–water partition coefficient (Wildman–Crippen LogP) is 3.37. The summed E-state index contributed by atoms with van der Waals surface area (Å²) in [5.74, 6) is -0.519. The van der Waals surface area contributed by atoms with Crippen LogP contribution in [0.15, 0.2) is 69.6 Å². The lowest BCUT2D eigenvalue weighted by atomic mass is 9.96. The highest BCUT2D eigenvalue weighted by Crippen LogP contribution is 2.31. The van der Waals surface area contributed by atoms with E-state index in [2.05, 4.69) is 4.99 Å². The number of ether oxygens (including phenoxy) is 1. The van der Waals surface area contributed by atoms with E-state index in [9.17, 15) is 9.59 Å². The van der Waals surface area contributed by atoms with E-state index in [1.165, 1.54) is 18.4 Å². The van der Waals surface area contributed by atoms with Gasteiger partial charge in [-0.1, -0.05) is 64.9 Å². The number of nitrogens with zero attached hydrogens (tertiary/aromatic N) is 2. The summed E-state index contributed by atoms with van der Waals surface area (Å²) < 4.78 is 7.10. The molecule has 0 radical (unpaired) electrons. The highest BCUT2D eigenvalue weighted by Gasteiger charge is 2.33. The molecule has 0 bridgehead atoms. The Kier molecular flexibility index (Phi) is 5.45. The molecule has 0 N–H and O–H groups in total. The normalized spacial score (nSPS) is 16.3. The zero-order valence-electron chi connectivity index (χ0n) is 16.7. The summed E-state index contributed by atoms with van der Waals surface area (Å²) in [5.41, 5.74) is 3.43. The molecule has 4 rings (SSSR count). The zero-order chi connectivity index (χ0) is 21.4. The van der Waals surface area contributed by atoms with Crippen molar-refractivity contribution in [1.82, 2.24) is 4.57 Å². The lowest BCUT2D eigenvalue weighted by Gasteiger charge is -2.24. The minimum atomic E-state index is -0.660. The number of rotatable bonds is 3. The number of carbonyl (C=O) groups is 1. The van der Waals surface area contributed by atoms with Gasteiger partial charge in [-0.05, 0) is 43.2 Å². The largest absolute Gasteiger partial charge is 0.466 e. The monoisotopic (exact) mass is 438 g/mol. The molecule has 0 saturated carbocycles. The highest BCUT2D eigenvalue weighted by atomic mass is 35.5. The Bertz CT molecular complexity index is 1350. The van der Waals surface area contributed by atoms with E-state index < -0.39 is 12.0 Å². The van der Waals surface area contributed by atoms with Crippen molar-refractivity contribution in [3.63, 3.8) is 0 Å². The van der Waals surface area contributed by atoms with Crippen LogP contribution < -0.4 is 14.9 Å². The number of halogens is 1. The number of fused-ring (bicyclic) bond motifs is 1. The molecule has 1 atom stereocenters. The van der Waals surface area contributed by atoms with Gasteiger partial charge in [0.25, 0.3) is 5.56 Å². The quantitative estimate of drug-likeness (QED) is 0.589. The fourth-order valence-corrected chi connectivity index (χ4v) is 4.74. The number of methoxy groups -OCH3 is 1. The third kappa shape index (κ3) is 3.64. The van der Waals surface area contributed by atoms with Crippen LogP contribution >= 0.6 is 22.9 Å². The topological polar surface area (TPSA) is 60.7 Å². The van der Waals surface area contributed by atoms with E-state index in [0.717, 1.165) is 16.7 Å². The van der Waals surface area contributed by atoms with Gasteiger partial charge >= 0.3 is 5.97 Å². The number of thiazole rings is 1. The molecule has 1 aliphatic rings. The molecular formula is C23H19ClN2O3S. The summed E-state index contributed by atoms with van der Waals surface area (Å²) in [6.45, 7) is 3.76. The van der Waals surface area contributed by atoms with Gasteiger partial charge in [0.15, 0.2) is 4.80 Å². The van der Waals surface area contributed by atoms with E-state index in [4.69, 9.17) is 16.3 Å². The fraction of sp³-hybridized carbons (Fsp3) is 0.174. The Morgan fingerprint density at radius 3 is 2.60 bits per heavy atom. The van der Waals surface area contributed by atoms with E-state index in [1.54, 1.807) is 29.7 Å². The Morgan fingerprint density at radius 1 is 1.20 bits per heavy atom. The van der Waals surface area contributed by atoms with Gasteiger partial charge in [0.05, 0.1) is 29.0 Å². The Morgan fingerprint density at radius 2 is 1.93 bits per heavy atom. The third-order valence-corrected chi connectivity index (χ3v) is 6.18. The number of aryl methyl sites for hydroxylation is 1. The number of hydrogen-bond acceptors (Lipinski definition) is 5. The third-order valence-electron chi connectivity index (χ3n) is 4.97. The van der Waals surface area contributed by atoms with Crippen LogP contribution in [0.4, 0.5) is 0 Å². The van der Waals surface area contributed by atoms with Gasteiger partial charge in [-0.2, -0.15) is 0 Å². The van der Waals surface area contributed by atoms with Gasteiger partial charge in [0.2, 0.25) is 0 Å². The van der Waals surface area contributed by atoms with Crippen LogP contribution in [0, 0.1) is 6.92 Å². The van der Waals surface area contributed by atoms with Gasteiger partial charge in [-0.15, -0.1) is 0 Å². The maximum atomic E-state index is 13.4. The second-order valence-electron chi connectivity index (χ2n) is 7.04. The van der Waals surface area contributed by atoms with Crippen molar-refractivity contribution in [3.8, 4) is 0 Å². The smallest absolute Gasteiger partial charge is 0.338 e. The molecule has 0 fully saturated rings. The van der Waals surface area contributed by atoms with E-state index >= 15 is 0 Å². The van der Waals surface area contributed by atoms with Crippen LogP contribution in [0.5, 0.6) is 0 Å². The lowest BCUT2D eigenvalue weighted by molar-refractivity contribution is -0.136. The molecule has 1 aromatic heterocycles. The first kappa shape index (κ1) is 20.3. The number of aromatic nitrogens is 1. The van der Waals surface area contributed by atoms with Gasteiger partial charge in [0, 0.05) is 5.02 Å². The van der Waals surface area contributed by atoms with Crippen molar-refractivity contribution in [2.24, 2.45) is 4.99 Å². The minimum absolute atomic E-state index is 0.210. The molecule has 2 heterocycles. The molecule has 1 unspecified atom stereocenters. The lowest BCUT2D eigenvalue weighted by Crippen LogP contribution is -2.39. The molecular weight excluding hydrogens is 420 g/mol. The first-order valence-corrected chi connectivity index (χ1v) is 10.5. The summed E-state index contributed by atoms with van der Waals surface area (Å²) in [4.78, 5) is 31.1. The zero-order valence-corrected chi connectivity index (χ0v) is 18.3. The molecule has 152 valence electrons. The fourth-order valence-electron chi connectivity index (χ4n) is 3.50. The molecule has 0 spiro atoms. The number of allylic oxidation sites excluding steroid dienone is 1. The molecule has 30 heavy (non-hydrogen) atoms. The summed E-state index contributed by atoms with van der Waals surface area (Å²) in [7, 11) is 1.32. The summed E-state index contributed by atoms with van der Waals surface area (Å²) in [6, 6.07) is 14.4. The Hall–Kier alpha value is -2.96. The molecule has 5 nitrogen and oxygen atoms in total. The van der Waals surface area contributed by atoms with Crippen molar-refractivity contribution in [3.05, 3.63) is 101 Å². The SMILES string of the molecule is COC(=O)C1=C(C)N=c2s/c(=C\c3ccc(C)cc3)c(=O)n2C1c1cccc(Cl)c1. The highest BCUT2D eigenvalue weighted by molar-refractivity contribution is 7.07. The maximum Gasteiger partial charge on any atom is 0.338 e. The van der Waals surface area contributed by atoms with Crippen LogP contribution in [0.2, 0.25) is 5.02 Å². The van der Waals surface area contributed by atoms with Crippen molar-refractivity contribution in [2.45, 2.75) is 19.9 Å². The van der Waals surface area contributed by atoms with Gasteiger partial charge in [-0.25, -0.2) is 9.79 Å². The van der Waals surface area contributed by atoms with Crippen LogP contribution in [0.25, 0.3) is 6.08 Å². The second kappa shape index (κ2) is 8.05. The van der Waals surface area contributed by atoms with Crippen LogP contribution in [0.1, 0.15) is 29.7 Å². The summed E-state index contributed by atoms with van der Waals surface area (Å²) in [6.07, 6.45) is 1.84. The number of benzene rings is 2. The average Bonchev–Trinajstić information content (AvgIpc) is 3.03. The van der Waals surface area contributed by atoms with Crippen molar-refractivity contribution >= 4 is 35.0 Å². The van der Waals surface area contributed by atoms with Crippen molar-refractivity contribution < 1.29 is 9.53 Å². The minimum Gasteiger partial charge on any atom is -0.466 e. The Labute approximate surface area is 182 Å². The van der Waals surface area contributed by atoms with Crippen molar-refractivity contribution in [1.29, 1.82) is 0 Å². The van der Waals surface area contributed by atoms with Crippen LogP contribution in [-0.2, 0) is 9.53 Å². The standard InChI is InChI=1S/C23H19ClN2O3S/c1-13-7-9-15(10-8-13)11-18-21(27)26-20(16-5-4-6-17(24)12-16)19(22(28)29-3)14(2)25-23(26)30-18/h4-12,20H,1-3H3/b18-11-. The number of carbonyl (C=O) groups excluding carboxylic acids is 1. The average molecular weight is 439 g/mol. The molecule has 0 saturated heterocycles. The van der Waals surface area contributed by atoms with E-state index in [0.29, 0.717) is 25.6 Å². The summed E-state index contributed by atoms with van der Waals surface area (Å²) >= 11 is 7.50. The van der Waals surface area contributed by atoms with E-state index in [-0.39, 0.29) is 5.56 Å². The maximum absolute atomic E-state index is 13.4. The van der Waals surface area contributed by atoms with Crippen molar-refractivity contribution in [2.75, 3.05) is 7.11 Å². The molecule has 7 heteroatoms.